The Bertz CT molecular complexity index is 1850. The highest BCUT2D eigenvalue weighted by atomic mass is 32.2. The molecule has 10 nitrogen and oxygen atoms in total. The summed E-state index contributed by atoms with van der Waals surface area (Å²) in [6, 6.07) is 6.30. The number of carbonyl (C=O) groups excluding carboxylic acids is 1. The van der Waals surface area contributed by atoms with E-state index in [1.165, 1.54) is 12.3 Å². The van der Waals surface area contributed by atoms with Gasteiger partial charge in [-0.05, 0) is 42.0 Å². The minimum Gasteiger partial charge on any atom is -0.479 e. The molecule has 44 heavy (non-hydrogen) atoms. The lowest BCUT2D eigenvalue weighted by molar-refractivity contribution is -0.199. The van der Waals surface area contributed by atoms with E-state index in [2.05, 4.69) is 20.1 Å². The molecule has 1 aliphatic heterocycles. The number of hydrogen-bond donors (Lipinski definition) is 1. The van der Waals surface area contributed by atoms with Crippen molar-refractivity contribution < 1.29 is 49.1 Å². The van der Waals surface area contributed by atoms with Crippen LogP contribution >= 0.6 is 0 Å². The van der Waals surface area contributed by atoms with Crippen molar-refractivity contribution >= 4 is 38.3 Å². The number of pyridine rings is 2. The smallest absolute Gasteiger partial charge is 0.479 e. The molecule has 5 rings (SSSR count). The number of anilines is 2. The number of halogens is 6. The molecule has 0 unspecified atom stereocenters. The zero-order valence-corrected chi connectivity index (χ0v) is 23.3. The maximum Gasteiger partial charge on any atom is 0.493 e. The molecule has 17 heteroatoms. The molecule has 1 fully saturated rings. The van der Waals surface area contributed by atoms with Gasteiger partial charge in [-0.1, -0.05) is 4.47 Å². The van der Waals surface area contributed by atoms with Crippen LogP contribution in [-0.2, 0) is 19.7 Å². The number of ether oxygens (including phenoxy) is 1. The predicted molar refractivity (Wildman–Crippen MR) is 145 cm³/mol. The van der Waals surface area contributed by atoms with E-state index in [0.717, 1.165) is 25.4 Å². The largest absolute Gasteiger partial charge is 0.493 e. The van der Waals surface area contributed by atoms with Gasteiger partial charge < -0.3 is 19.8 Å². The Kier molecular flexibility index (Phi) is 8.26. The summed E-state index contributed by atoms with van der Waals surface area (Å²) < 4.78 is 115. The van der Waals surface area contributed by atoms with Gasteiger partial charge in [0.1, 0.15) is 27.9 Å². The Hall–Kier alpha value is -4.64. The van der Waals surface area contributed by atoms with Crippen LogP contribution in [0.25, 0.3) is 22.0 Å². The third kappa shape index (κ3) is 5.92. The molecule has 3 heterocycles. The summed E-state index contributed by atoms with van der Waals surface area (Å²) in [4.78, 5) is 24.8. The van der Waals surface area contributed by atoms with Crippen molar-refractivity contribution in [3.63, 3.8) is 0 Å². The van der Waals surface area contributed by atoms with E-state index in [1.54, 1.807) is 6.07 Å². The highest BCUT2D eigenvalue weighted by Crippen LogP contribution is 2.38. The van der Waals surface area contributed by atoms with Crippen molar-refractivity contribution in [1.29, 1.82) is 0 Å². The van der Waals surface area contributed by atoms with E-state index in [4.69, 9.17) is 4.74 Å². The molecule has 0 amide bonds. The molecule has 0 bridgehead atoms. The molecule has 4 aromatic rings. The molecule has 1 aliphatic rings. The zero-order chi connectivity index (χ0) is 31.8. The monoisotopic (exact) mass is 641 g/mol. The number of carbonyl (C=O) groups is 1. The first-order valence-corrected chi connectivity index (χ1v) is 14.1. The van der Waals surface area contributed by atoms with Crippen molar-refractivity contribution in [3.05, 3.63) is 72.3 Å². The SMILES string of the molecule is COc1ncc(-c2cc(F)c3nccc(N4CCNCC4)c3c2)cc1N(OC(=O)C(F)(F)F)S(=O)(=O)c1ccc(F)cc1F. The number of rotatable bonds is 7. The van der Waals surface area contributed by atoms with Gasteiger partial charge >= 0.3 is 12.1 Å². The van der Waals surface area contributed by atoms with E-state index in [1.807, 2.05) is 4.90 Å². The molecular weight excluding hydrogens is 620 g/mol. The van der Waals surface area contributed by atoms with Gasteiger partial charge in [0, 0.05) is 61.3 Å². The minimum absolute atomic E-state index is 0.0292. The fraction of sp³-hybridized carbons (Fsp3) is 0.222. The molecular formula is C27H21F6N5O5S. The molecule has 1 saturated heterocycles. The lowest BCUT2D eigenvalue weighted by Gasteiger charge is -2.30. The van der Waals surface area contributed by atoms with Crippen LogP contribution in [0.3, 0.4) is 0 Å². The average Bonchev–Trinajstić information content (AvgIpc) is 2.98. The topological polar surface area (TPSA) is 114 Å². The van der Waals surface area contributed by atoms with Gasteiger partial charge in [-0.15, -0.1) is 0 Å². The molecule has 0 spiro atoms. The fourth-order valence-electron chi connectivity index (χ4n) is 4.56. The van der Waals surface area contributed by atoms with Crippen LogP contribution in [0.5, 0.6) is 5.88 Å². The minimum atomic E-state index is -5.69. The molecule has 2 aromatic carbocycles. The van der Waals surface area contributed by atoms with Crippen LogP contribution in [-0.4, -0.2) is 63.8 Å². The highest BCUT2D eigenvalue weighted by molar-refractivity contribution is 7.92. The summed E-state index contributed by atoms with van der Waals surface area (Å²) in [5.74, 6) is -7.30. The number of methoxy groups -OCH3 is 1. The van der Waals surface area contributed by atoms with Crippen molar-refractivity contribution in [2.24, 2.45) is 0 Å². The van der Waals surface area contributed by atoms with E-state index < -0.39 is 60.6 Å². The summed E-state index contributed by atoms with van der Waals surface area (Å²) in [5.41, 5.74) is -0.196. The summed E-state index contributed by atoms with van der Waals surface area (Å²) in [7, 11) is -4.53. The Morgan fingerprint density at radius 3 is 2.36 bits per heavy atom. The standard InChI is InChI=1S/C27H21F6N5O5S/c1-42-25-22(38(43-26(39)27(31,32)33)44(40,41)23-3-2-17(28)13-19(23)29)12-16(14-36-25)15-10-18-21(37-8-6-34-7-9-37)4-5-35-24(18)20(30)11-15/h2-5,10-14,34H,6-9H2,1H3. The van der Waals surface area contributed by atoms with Crippen LogP contribution < -0.4 is 19.4 Å². The zero-order valence-electron chi connectivity index (χ0n) is 22.5. The van der Waals surface area contributed by atoms with Gasteiger partial charge in [0.05, 0.1) is 7.11 Å². The number of sulfonamides is 1. The number of hydrogen-bond acceptors (Lipinski definition) is 9. The van der Waals surface area contributed by atoms with E-state index in [0.29, 0.717) is 49.4 Å². The van der Waals surface area contributed by atoms with Crippen molar-refractivity contribution in [2.45, 2.75) is 11.1 Å². The quantitative estimate of drug-likeness (QED) is 0.233. The first kappa shape index (κ1) is 30.8. The number of benzene rings is 2. The lowest BCUT2D eigenvalue weighted by Crippen LogP contribution is -2.43. The van der Waals surface area contributed by atoms with Gasteiger partial charge in [0.25, 0.3) is 10.0 Å². The molecule has 0 radical (unpaired) electrons. The van der Waals surface area contributed by atoms with Crippen LogP contribution in [0.4, 0.5) is 37.7 Å². The first-order chi connectivity index (χ1) is 20.8. The van der Waals surface area contributed by atoms with Crippen LogP contribution in [0.2, 0.25) is 0 Å². The van der Waals surface area contributed by atoms with Crippen molar-refractivity contribution in [1.82, 2.24) is 15.3 Å². The van der Waals surface area contributed by atoms with Crippen LogP contribution in [0.1, 0.15) is 0 Å². The number of piperazine rings is 1. The van der Waals surface area contributed by atoms with Crippen molar-refractivity contribution in [3.8, 4) is 17.0 Å². The summed E-state index contributed by atoms with van der Waals surface area (Å²) in [6.07, 6.45) is -3.14. The molecule has 0 aliphatic carbocycles. The number of alkyl halides is 3. The van der Waals surface area contributed by atoms with Gasteiger partial charge in [-0.2, -0.15) is 21.6 Å². The number of nitrogens with one attached hydrogen (secondary N) is 1. The molecule has 0 saturated carbocycles. The molecule has 232 valence electrons. The maximum absolute atomic E-state index is 15.4. The van der Waals surface area contributed by atoms with E-state index in [9.17, 15) is 35.2 Å². The Labute approximate surface area is 245 Å². The van der Waals surface area contributed by atoms with Crippen LogP contribution in [0, 0.1) is 17.5 Å². The third-order valence-electron chi connectivity index (χ3n) is 6.58. The number of nitrogens with zero attached hydrogens (tertiary/aromatic N) is 4. The predicted octanol–water partition coefficient (Wildman–Crippen LogP) is 4.35. The Morgan fingerprint density at radius 2 is 1.70 bits per heavy atom. The second kappa shape index (κ2) is 11.8. The Balaban J connectivity index is 1.69. The van der Waals surface area contributed by atoms with Crippen molar-refractivity contribution in [2.75, 3.05) is 42.7 Å². The fourth-order valence-corrected chi connectivity index (χ4v) is 5.84. The second-order valence-electron chi connectivity index (χ2n) is 9.36. The molecule has 0 atom stereocenters. The van der Waals surface area contributed by atoms with Gasteiger partial charge in [0.15, 0.2) is 5.69 Å². The second-order valence-corrected chi connectivity index (χ2v) is 11.1. The van der Waals surface area contributed by atoms with Gasteiger partial charge in [0.2, 0.25) is 5.88 Å². The normalized spacial score (nSPS) is 14.0. The summed E-state index contributed by atoms with van der Waals surface area (Å²) >= 11 is 0. The average molecular weight is 642 g/mol. The summed E-state index contributed by atoms with van der Waals surface area (Å²) in [5, 5.41) is 3.59. The highest BCUT2D eigenvalue weighted by Gasteiger charge is 2.46. The maximum atomic E-state index is 15.4. The summed E-state index contributed by atoms with van der Waals surface area (Å²) in [6.45, 7) is 2.56. The van der Waals surface area contributed by atoms with Gasteiger partial charge in [-0.3, -0.25) is 4.98 Å². The number of fused-ring (bicyclic) bond motifs is 1. The van der Waals surface area contributed by atoms with Crippen LogP contribution in [0.15, 0.2) is 59.8 Å². The third-order valence-corrected chi connectivity index (χ3v) is 8.17. The number of aromatic nitrogens is 2. The lowest BCUT2D eigenvalue weighted by atomic mass is 10.0. The van der Waals surface area contributed by atoms with E-state index in [-0.39, 0.29) is 22.7 Å². The van der Waals surface area contributed by atoms with E-state index >= 15 is 4.39 Å². The molecule has 1 N–H and O–H groups in total. The first-order valence-electron chi connectivity index (χ1n) is 12.7. The van der Waals surface area contributed by atoms with Gasteiger partial charge in [-0.25, -0.2) is 22.9 Å². The Morgan fingerprint density at radius 1 is 0.977 bits per heavy atom. The molecule has 2 aromatic heterocycles.